The number of esters is 1. The lowest BCUT2D eigenvalue weighted by Gasteiger charge is -2.15. The van der Waals surface area contributed by atoms with Crippen LogP contribution in [0.25, 0.3) is 6.08 Å². The molecule has 3 aromatic rings. The summed E-state index contributed by atoms with van der Waals surface area (Å²) in [7, 11) is 0. The fraction of sp³-hybridized carbons (Fsp3) is 0.154. The first kappa shape index (κ1) is 21.8. The van der Waals surface area contributed by atoms with E-state index in [0.717, 1.165) is 26.7 Å². The molecule has 162 valence electrons. The zero-order chi connectivity index (χ0) is 22.5. The average Bonchev–Trinajstić information content (AvgIpc) is 3.15. The molecular formula is C26H22BrNO4. The molecule has 1 heterocycles. The number of aliphatic imine (C=N–C) groups is 1. The van der Waals surface area contributed by atoms with Crippen molar-refractivity contribution in [2.75, 3.05) is 6.61 Å². The Morgan fingerprint density at radius 2 is 1.78 bits per heavy atom. The van der Waals surface area contributed by atoms with Gasteiger partial charge in [-0.1, -0.05) is 42.5 Å². The van der Waals surface area contributed by atoms with E-state index < -0.39 is 5.97 Å². The summed E-state index contributed by atoms with van der Waals surface area (Å²) >= 11 is 3.59. The van der Waals surface area contributed by atoms with Gasteiger partial charge in [0.15, 0.2) is 17.2 Å². The van der Waals surface area contributed by atoms with Crippen molar-refractivity contribution in [2.24, 2.45) is 4.99 Å². The molecule has 0 radical (unpaired) electrons. The largest absolute Gasteiger partial charge is 0.490 e. The summed E-state index contributed by atoms with van der Waals surface area (Å²) in [5, 5.41) is 0. The van der Waals surface area contributed by atoms with Crippen LogP contribution in [-0.4, -0.2) is 18.5 Å². The van der Waals surface area contributed by atoms with Crippen molar-refractivity contribution in [3.8, 4) is 11.5 Å². The summed E-state index contributed by atoms with van der Waals surface area (Å²) in [4.78, 5) is 16.7. The van der Waals surface area contributed by atoms with Crippen LogP contribution < -0.4 is 9.47 Å². The van der Waals surface area contributed by atoms with Gasteiger partial charge in [0.2, 0.25) is 5.90 Å². The number of hydrogen-bond donors (Lipinski definition) is 0. The first-order valence-corrected chi connectivity index (χ1v) is 11.1. The molecule has 0 aliphatic carbocycles. The topological polar surface area (TPSA) is 57.1 Å². The van der Waals surface area contributed by atoms with Crippen LogP contribution in [0.15, 0.2) is 81.9 Å². The zero-order valence-electron chi connectivity index (χ0n) is 17.8. The summed E-state index contributed by atoms with van der Waals surface area (Å²) in [6.45, 7) is 4.86. The highest BCUT2D eigenvalue weighted by Crippen LogP contribution is 2.38. The van der Waals surface area contributed by atoms with Gasteiger partial charge in [0, 0.05) is 5.56 Å². The van der Waals surface area contributed by atoms with E-state index in [4.69, 9.17) is 14.2 Å². The molecule has 0 aromatic heterocycles. The molecule has 0 fully saturated rings. The van der Waals surface area contributed by atoms with Crippen LogP contribution in [-0.2, 0) is 16.1 Å². The minimum Gasteiger partial charge on any atom is -0.490 e. The van der Waals surface area contributed by atoms with Gasteiger partial charge in [0.25, 0.3) is 0 Å². The minimum absolute atomic E-state index is 0.229. The number of aryl methyl sites for hydroxylation is 1. The van der Waals surface area contributed by atoms with Crippen molar-refractivity contribution >= 4 is 33.9 Å². The van der Waals surface area contributed by atoms with Gasteiger partial charge in [-0.25, -0.2) is 9.79 Å². The highest BCUT2D eigenvalue weighted by atomic mass is 79.9. The second-order valence-electron chi connectivity index (χ2n) is 7.18. The van der Waals surface area contributed by atoms with Gasteiger partial charge >= 0.3 is 5.97 Å². The molecule has 5 nitrogen and oxygen atoms in total. The van der Waals surface area contributed by atoms with Crippen molar-refractivity contribution < 1.29 is 19.0 Å². The predicted molar refractivity (Wildman–Crippen MR) is 128 cm³/mol. The van der Waals surface area contributed by atoms with E-state index in [-0.39, 0.29) is 5.70 Å². The Kier molecular flexibility index (Phi) is 6.71. The smallest absolute Gasteiger partial charge is 0.363 e. The minimum atomic E-state index is -0.488. The molecule has 4 rings (SSSR count). The van der Waals surface area contributed by atoms with Crippen molar-refractivity contribution in [1.82, 2.24) is 0 Å². The van der Waals surface area contributed by atoms with E-state index in [2.05, 4.69) is 33.9 Å². The van der Waals surface area contributed by atoms with Crippen molar-refractivity contribution in [1.29, 1.82) is 0 Å². The van der Waals surface area contributed by atoms with E-state index in [0.29, 0.717) is 30.6 Å². The van der Waals surface area contributed by atoms with Crippen LogP contribution in [0.4, 0.5) is 0 Å². The fourth-order valence-corrected chi connectivity index (χ4v) is 3.84. The molecule has 6 heteroatoms. The molecule has 1 aliphatic rings. The molecule has 0 atom stereocenters. The molecule has 0 saturated carbocycles. The van der Waals surface area contributed by atoms with Crippen LogP contribution in [0.3, 0.4) is 0 Å². The Labute approximate surface area is 195 Å². The second kappa shape index (κ2) is 9.83. The summed E-state index contributed by atoms with van der Waals surface area (Å²) in [6, 6.07) is 21.1. The summed E-state index contributed by atoms with van der Waals surface area (Å²) in [6.07, 6.45) is 1.68. The lowest BCUT2D eigenvalue weighted by atomic mass is 10.1. The number of nitrogens with zero attached hydrogens (tertiary/aromatic N) is 1. The maximum Gasteiger partial charge on any atom is 0.363 e. The Morgan fingerprint density at radius 1 is 1.03 bits per heavy atom. The van der Waals surface area contributed by atoms with E-state index in [1.54, 1.807) is 6.08 Å². The fourth-order valence-electron chi connectivity index (χ4n) is 3.27. The number of rotatable bonds is 7. The number of carbonyl (C=O) groups is 1. The van der Waals surface area contributed by atoms with Crippen LogP contribution in [0.1, 0.15) is 29.2 Å². The number of ether oxygens (including phenoxy) is 3. The van der Waals surface area contributed by atoms with Crippen LogP contribution in [0.2, 0.25) is 0 Å². The quantitative estimate of drug-likeness (QED) is 0.296. The Bertz CT molecular complexity index is 1200. The predicted octanol–water partition coefficient (Wildman–Crippen LogP) is 6.08. The lowest BCUT2D eigenvalue weighted by Crippen LogP contribution is -2.05. The SMILES string of the molecule is CCOc1cc(/C=C2\N=C(c3ccccc3)OC2=O)cc(Br)c1OCc1ccccc1C. The molecular weight excluding hydrogens is 470 g/mol. The van der Waals surface area contributed by atoms with Gasteiger partial charge < -0.3 is 14.2 Å². The normalized spacial score (nSPS) is 14.3. The molecule has 0 spiro atoms. The molecule has 0 N–H and O–H groups in total. The average molecular weight is 492 g/mol. The van der Waals surface area contributed by atoms with E-state index in [1.165, 1.54) is 0 Å². The van der Waals surface area contributed by atoms with Crippen molar-refractivity contribution in [3.05, 3.63) is 99.2 Å². The van der Waals surface area contributed by atoms with E-state index in [1.807, 2.05) is 67.6 Å². The van der Waals surface area contributed by atoms with Crippen LogP contribution >= 0.6 is 15.9 Å². The molecule has 0 amide bonds. The van der Waals surface area contributed by atoms with Gasteiger partial charge in [0.1, 0.15) is 6.61 Å². The van der Waals surface area contributed by atoms with Gasteiger partial charge in [-0.15, -0.1) is 0 Å². The number of hydrogen-bond acceptors (Lipinski definition) is 5. The third-order valence-corrected chi connectivity index (χ3v) is 5.50. The number of cyclic esters (lactones) is 1. The van der Waals surface area contributed by atoms with Gasteiger partial charge in [-0.05, 0) is 76.8 Å². The van der Waals surface area contributed by atoms with Gasteiger partial charge in [-0.3, -0.25) is 0 Å². The van der Waals surface area contributed by atoms with Crippen LogP contribution in [0.5, 0.6) is 11.5 Å². The monoisotopic (exact) mass is 491 g/mol. The first-order chi connectivity index (χ1) is 15.5. The van der Waals surface area contributed by atoms with E-state index in [9.17, 15) is 4.79 Å². The van der Waals surface area contributed by atoms with Crippen LogP contribution in [0, 0.1) is 6.92 Å². The highest BCUT2D eigenvalue weighted by molar-refractivity contribution is 9.10. The van der Waals surface area contributed by atoms with Crippen molar-refractivity contribution in [2.45, 2.75) is 20.5 Å². The summed E-state index contributed by atoms with van der Waals surface area (Å²) in [5.41, 5.74) is 3.99. The molecule has 0 bridgehead atoms. The highest BCUT2D eigenvalue weighted by Gasteiger charge is 2.24. The Morgan fingerprint density at radius 3 is 2.53 bits per heavy atom. The Hall–Kier alpha value is -3.38. The molecule has 1 aliphatic heterocycles. The summed E-state index contributed by atoms with van der Waals surface area (Å²) < 4.78 is 18.0. The molecule has 0 saturated heterocycles. The maximum atomic E-state index is 12.3. The number of benzene rings is 3. The summed E-state index contributed by atoms with van der Waals surface area (Å²) in [5.74, 6) is 1.00. The van der Waals surface area contributed by atoms with Gasteiger partial charge in [-0.2, -0.15) is 0 Å². The number of halogens is 1. The molecule has 0 unspecified atom stereocenters. The van der Waals surface area contributed by atoms with Gasteiger partial charge in [0.05, 0.1) is 11.1 Å². The standard InChI is InChI=1S/C26H22BrNO4/c1-3-30-23-15-18(13-21(27)24(23)31-16-20-12-8-7-9-17(20)2)14-22-26(29)32-25(28-22)19-10-5-4-6-11-19/h4-15H,3,16H2,1-2H3/b22-14-. The lowest BCUT2D eigenvalue weighted by molar-refractivity contribution is -0.129. The second-order valence-corrected chi connectivity index (χ2v) is 8.03. The third-order valence-electron chi connectivity index (χ3n) is 4.91. The Balaban J connectivity index is 1.62. The first-order valence-electron chi connectivity index (χ1n) is 10.3. The maximum absolute atomic E-state index is 12.3. The molecule has 3 aromatic carbocycles. The van der Waals surface area contributed by atoms with E-state index >= 15 is 0 Å². The van der Waals surface area contributed by atoms with Crippen molar-refractivity contribution in [3.63, 3.8) is 0 Å². The zero-order valence-corrected chi connectivity index (χ0v) is 19.4. The molecule has 32 heavy (non-hydrogen) atoms. The number of carbonyl (C=O) groups excluding carboxylic acids is 1. The third kappa shape index (κ3) is 4.92.